The van der Waals surface area contributed by atoms with Gasteiger partial charge in [-0.3, -0.25) is 9.59 Å². The Bertz CT molecular complexity index is 1400. The lowest BCUT2D eigenvalue weighted by molar-refractivity contribution is -0.140. The monoisotopic (exact) mass is 618 g/mol. The van der Waals surface area contributed by atoms with Crippen LogP contribution in [0, 0.1) is 5.92 Å². The molecular formula is C30H36Cl2N4O4S. The number of carbonyl (C=O) groups is 2. The fraction of sp³-hybridized carbons (Fsp3) is 0.333. The highest BCUT2D eigenvalue weighted by Crippen LogP contribution is 2.28. The van der Waals surface area contributed by atoms with E-state index in [1.807, 2.05) is 44.2 Å². The van der Waals surface area contributed by atoms with Crippen LogP contribution >= 0.6 is 23.2 Å². The van der Waals surface area contributed by atoms with Crippen molar-refractivity contribution in [2.75, 3.05) is 31.5 Å². The third-order valence-corrected chi connectivity index (χ3v) is 8.94. The van der Waals surface area contributed by atoms with E-state index in [0.29, 0.717) is 27.8 Å². The van der Waals surface area contributed by atoms with Crippen LogP contribution in [-0.4, -0.2) is 62.7 Å². The Morgan fingerprint density at radius 1 is 0.854 bits per heavy atom. The summed E-state index contributed by atoms with van der Waals surface area (Å²) < 4.78 is 28.8. The summed E-state index contributed by atoms with van der Waals surface area (Å²) in [5.74, 6) is -0.769. The van der Waals surface area contributed by atoms with Gasteiger partial charge >= 0.3 is 10.2 Å². The van der Waals surface area contributed by atoms with Gasteiger partial charge in [0.15, 0.2) is 0 Å². The van der Waals surface area contributed by atoms with Gasteiger partial charge in [0.1, 0.15) is 12.6 Å². The summed E-state index contributed by atoms with van der Waals surface area (Å²) in [5, 5.41) is 3.61. The number of para-hydroxylation sites is 1. The largest absolute Gasteiger partial charge is 0.354 e. The van der Waals surface area contributed by atoms with Crippen LogP contribution in [0.25, 0.3) is 0 Å². The highest BCUT2D eigenvalue weighted by atomic mass is 35.5. The van der Waals surface area contributed by atoms with E-state index in [4.69, 9.17) is 23.2 Å². The van der Waals surface area contributed by atoms with E-state index in [1.54, 1.807) is 48.5 Å². The molecule has 1 atom stereocenters. The number of nitrogens with zero attached hydrogens (tertiary/aromatic N) is 3. The first kappa shape index (κ1) is 32.4. The Labute approximate surface area is 253 Å². The lowest BCUT2D eigenvalue weighted by Crippen LogP contribution is -2.54. The number of benzene rings is 3. The quantitative estimate of drug-likeness (QED) is 0.291. The Kier molecular flexibility index (Phi) is 11.6. The van der Waals surface area contributed by atoms with E-state index in [0.717, 1.165) is 14.2 Å². The normalized spacial score (nSPS) is 12.3. The van der Waals surface area contributed by atoms with Crippen LogP contribution in [-0.2, 0) is 32.8 Å². The Morgan fingerprint density at radius 3 is 1.95 bits per heavy atom. The second-order valence-electron chi connectivity index (χ2n) is 10.2. The van der Waals surface area contributed by atoms with Crippen molar-refractivity contribution in [1.82, 2.24) is 14.5 Å². The van der Waals surface area contributed by atoms with Gasteiger partial charge in [-0.15, -0.1) is 0 Å². The molecule has 0 saturated heterocycles. The van der Waals surface area contributed by atoms with E-state index in [9.17, 15) is 18.0 Å². The molecule has 0 aliphatic rings. The molecular weight excluding hydrogens is 583 g/mol. The molecule has 0 saturated carbocycles. The minimum absolute atomic E-state index is 0.103. The number of carbonyl (C=O) groups excluding carboxylic acids is 2. The summed E-state index contributed by atoms with van der Waals surface area (Å²) in [5.41, 5.74) is 1.61. The van der Waals surface area contributed by atoms with Crippen LogP contribution in [0.3, 0.4) is 0 Å². The number of hydrogen-bond acceptors (Lipinski definition) is 4. The first-order valence-corrected chi connectivity index (χ1v) is 15.4. The van der Waals surface area contributed by atoms with Crippen LogP contribution in [0.15, 0.2) is 78.9 Å². The molecule has 0 aromatic heterocycles. The summed E-state index contributed by atoms with van der Waals surface area (Å²) in [6.45, 7) is 3.71. The fourth-order valence-corrected chi connectivity index (χ4v) is 5.71. The van der Waals surface area contributed by atoms with Crippen molar-refractivity contribution in [3.8, 4) is 0 Å². The van der Waals surface area contributed by atoms with Crippen molar-refractivity contribution >= 4 is 50.9 Å². The van der Waals surface area contributed by atoms with Gasteiger partial charge < -0.3 is 10.2 Å². The predicted molar refractivity (Wildman–Crippen MR) is 165 cm³/mol. The molecule has 0 aliphatic heterocycles. The fourth-order valence-electron chi connectivity index (χ4n) is 4.14. The molecule has 3 aromatic carbocycles. The number of hydrogen-bond donors (Lipinski definition) is 1. The summed E-state index contributed by atoms with van der Waals surface area (Å²) in [6, 6.07) is 21.7. The summed E-state index contributed by atoms with van der Waals surface area (Å²) in [7, 11) is -1.27. The number of halogens is 2. The third-order valence-electron chi connectivity index (χ3n) is 6.41. The van der Waals surface area contributed by atoms with Gasteiger partial charge in [-0.05, 0) is 35.7 Å². The van der Waals surface area contributed by atoms with Gasteiger partial charge in [0.05, 0.1) is 5.69 Å². The van der Waals surface area contributed by atoms with Crippen molar-refractivity contribution in [3.63, 3.8) is 0 Å². The van der Waals surface area contributed by atoms with Crippen LogP contribution in [0.4, 0.5) is 5.69 Å². The van der Waals surface area contributed by atoms with Gasteiger partial charge in [-0.2, -0.15) is 12.7 Å². The van der Waals surface area contributed by atoms with Crippen molar-refractivity contribution in [3.05, 3.63) is 100 Å². The molecule has 220 valence electrons. The second-order valence-corrected chi connectivity index (χ2v) is 13.1. The Morgan fingerprint density at radius 2 is 1.41 bits per heavy atom. The van der Waals surface area contributed by atoms with E-state index in [2.05, 4.69) is 5.32 Å². The molecule has 41 heavy (non-hydrogen) atoms. The summed E-state index contributed by atoms with van der Waals surface area (Å²) >= 11 is 13.0. The zero-order valence-corrected chi connectivity index (χ0v) is 26.0. The maximum Gasteiger partial charge on any atom is 0.304 e. The van der Waals surface area contributed by atoms with Crippen molar-refractivity contribution in [1.29, 1.82) is 0 Å². The minimum atomic E-state index is -4.07. The van der Waals surface area contributed by atoms with Crippen molar-refractivity contribution < 1.29 is 18.0 Å². The van der Waals surface area contributed by atoms with Crippen LogP contribution in [0.2, 0.25) is 10.0 Å². The summed E-state index contributed by atoms with van der Waals surface area (Å²) in [4.78, 5) is 29.3. The van der Waals surface area contributed by atoms with Crippen LogP contribution < -0.4 is 9.62 Å². The molecule has 11 heteroatoms. The van der Waals surface area contributed by atoms with Gasteiger partial charge in [0.2, 0.25) is 11.8 Å². The van der Waals surface area contributed by atoms with Gasteiger partial charge in [-0.1, -0.05) is 91.6 Å². The molecule has 0 spiro atoms. The molecule has 2 amide bonds. The molecule has 3 aromatic rings. The highest BCUT2D eigenvalue weighted by molar-refractivity contribution is 7.90. The molecule has 0 fully saturated rings. The molecule has 8 nitrogen and oxygen atoms in total. The highest BCUT2D eigenvalue weighted by Gasteiger charge is 2.35. The summed E-state index contributed by atoms with van der Waals surface area (Å²) in [6.07, 6.45) is 0.199. The second kappa shape index (κ2) is 14.7. The average molecular weight is 620 g/mol. The zero-order valence-electron chi connectivity index (χ0n) is 23.6. The molecule has 0 radical (unpaired) electrons. The number of nitrogens with one attached hydrogen (secondary N) is 1. The van der Waals surface area contributed by atoms with Crippen molar-refractivity contribution in [2.24, 2.45) is 5.92 Å². The number of anilines is 1. The smallest absolute Gasteiger partial charge is 0.304 e. The standard InChI is InChI=1S/C30H36Cl2N4O4S/c1-22(2)19-33-30(38)28(18-23-12-7-5-8-13-23)35(20-25-26(31)16-11-17-27(25)32)29(37)21-36(41(39,40)34(3)4)24-14-9-6-10-15-24/h5-17,22,28H,18-21H2,1-4H3,(H,33,38)/t28-/m0/s1. The molecule has 0 unspecified atom stereocenters. The van der Waals surface area contributed by atoms with Crippen LogP contribution in [0.1, 0.15) is 25.0 Å². The van der Waals surface area contributed by atoms with Crippen molar-refractivity contribution in [2.45, 2.75) is 32.9 Å². The van der Waals surface area contributed by atoms with Gasteiger partial charge in [0.25, 0.3) is 0 Å². The van der Waals surface area contributed by atoms with Crippen LogP contribution in [0.5, 0.6) is 0 Å². The van der Waals surface area contributed by atoms with E-state index < -0.39 is 28.7 Å². The van der Waals surface area contributed by atoms with E-state index >= 15 is 0 Å². The molecule has 1 N–H and O–H groups in total. The topological polar surface area (TPSA) is 90.0 Å². The average Bonchev–Trinajstić information content (AvgIpc) is 2.94. The Balaban J connectivity index is 2.11. The number of amides is 2. The Hall–Kier alpha value is -3.11. The first-order valence-electron chi connectivity index (χ1n) is 13.2. The predicted octanol–water partition coefficient (Wildman–Crippen LogP) is 5.02. The molecule has 3 rings (SSSR count). The molecule has 0 heterocycles. The van der Waals surface area contributed by atoms with E-state index in [-0.39, 0.29) is 24.8 Å². The lowest BCUT2D eigenvalue weighted by Gasteiger charge is -2.34. The number of rotatable bonds is 13. The SMILES string of the molecule is CC(C)CNC(=O)[C@H](Cc1ccccc1)N(Cc1c(Cl)cccc1Cl)C(=O)CN(c1ccccc1)S(=O)(=O)N(C)C. The van der Waals surface area contributed by atoms with E-state index in [1.165, 1.54) is 19.0 Å². The molecule has 0 aliphatic carbocycles. The first-order chi connectivity index (χ1) is 19.4. The molecule has 0 bridgehead atoms. The lowest BCUT2D eigenvalue weighted by atomic mass is 10.0. The minimum Gasteiger partial charge on any atom is -0.354 e. The third kappa shape index (κ3) is 8.69. The van der Waals surface area contributed by atoms with Gasteiger partial charge in [-0.25, -0.2) is 4.31 Å². The maximum absolute atomic E-state index is 14.2. The maximum atomic E-state index is 14.2. The van der Waals surface area contributed by atoms with Gasteiger partial charge in [0, 0.05) is 49.2 Å². The zero-order chi connectivity index (χ0) is 30.2.